The average Bonchev–Trinajstić information content (AvgIpc) is 2.73. The van der Waals surface area contributed by atoms with E-state index in [1.807, 2.05) is 30.3 Å². The number of nitrogens with one attached hydrogen (secondary N) is 1. The van der Waals surface area contributed by atoms with Gasteiger partial charge in [0.05, 0.1) is 17.2 Å². The molecule has 0 bridgehead atoms. The summed E-state index contributed by atoms with van der Waals surface area (Å²) in [5.74, 6) is 1.76. The fourth-order valence-electron chi connectivity index (χ4n) is 3.89. The highest BCUT2D eigenvalue weighted by atomic mass is 35.5. The molecule has 2 aromatic carbocycles. The van der Waals surface area contributed by atoms with E-state index in [0.717, 1.165) is 36.4 Å². The van der Waals surface area contributed by atoms with E-state index in [4.69, 9.17) is 32.7 Å². The summed E-state index contributed by atoms with van der Waals surface area (Å²) in [5.41, 5.74) is 2.31. The van der Waals surface area contributed by atoms with Crippen LogP contribution in [0.2, 0.25) is 10.0 Å². The predicted molar refractivity (Wildman–Crippen MR) is 121 cm³/mol. The molecule has 0 fully saturated rings. The van der Waals surface area contributed by atoms with Gasteiger partial charge in [-0.15, -0.1) is 0 Å². The van der Waals surface area contributed by atoms with Gasteiger partial charge in [-0.1, -0.05) is 67.9 Å². The van der Waals surface area contributed by atoms with Crippen LogP contribution in [0.1, 0.15) is 69.0 Å². The zero-order valence-corrected chi connectivity index (χ0v) is 18.9. The second-order valence-corrected chi connectivity index (χ2v) is 8.58. The van der Waals surface area contributed by atoms with Crippen molar-refractivity contribution in [1.29, 1.82) is 0 Å². The molecule has 0 aromatic heterocycles. The number of hydrogen-bond acceptors (Lipinski definition) is 3. The molecule has 158 valence electrons. The van der Waals surface area contributed by atoms with Gasteiger partial charge in [0.1, 0.15) is 17.6 Å². The minimum atomic E-state index is 0.225. The van der Waals surface area contributed by atoms with E-state index in [9.17, 15) is 0 Å². The maximum Gasteiger partial charge on any atom is 0.128 e. The Labute approximate surface area is 184 Å². The molecule has 3 rings (SSSR count). The SMILES string of the molecule is CCCCCCCC1CC(NCc2ccc(Cl)c(Cl)c2)c2ccc(OC)cc2O1. The first-order valence-electron chi connectivity index (χ1n) is 10.6. The Balaban J connectivity index is 1.67. The Kier molecular flexibility index (Phi) is 8.53. The molecule has 0 saturated heterocycles. The molecule has 2 atom stereocenters. The number of halogens is 2. The van der Waals surface area contributed by atoms with Crippen molar-refractivity contribution in [3.8, 4) is 11.5 Å². The molecule has 0 amide bonds. The van der Waals surface area contributed by atoms with Crippen molar-refractivity contribution in [3.05, 3.63) is 57.6 Å². The molecular weight excluding hydrogens is 405 g/mol. The zero-order valence-electron chi connectivity index (χ0n) is 17.3. The van der Waals surface area contributed by atoms with Gasteiger partial charge in [0.2, 0.25) is 0 Å². The highest BCUT2D eigenvalue weighted by Crippen LogP contribution is 2.38. The van der Waals surface area contributed by atoms with Gasteiger partial charge >= 0.3 is 0 Å². The largest absolute Gasteiger partial charge is 0.497 e. The Bertz CT molecular complexity index is 796. The zero-order chi connectivity index (χ0) is 20.6. The van der Waals surface area contributed by atoms with Crippen molar-refractivity contribution in [2.75, 3.05) is 7.11 Å². The lowest BCUT2D eigenvalue weighted by Gasteiger charge is -2.33. The standard InChI is InChI=1S/C24H31Cl2NO2/c1-3-4-5-6-7-8-19-14-23(20-11-10-18(28-2)15-24(20)29-19)27-16-17-9-12-21(25)22(26)13-17/h9-13,15,19,23,27H,3-8,14,16H2,1-2H3. The predicted octanol–water partition coefficient (Wildman–Crippen LogP) is 7.34. The van der Waals surface area contributed by atoms with Crippen LogP contribution in [0.25, 0.3) is 0 Å². The number of benzene rings is 2. The molecule has 0 aliphatic carbocycles. The third kappa shape index (κ3) is 6.28. The first kappa shape index (κ1) is 22.3. The van der Waals surface area contributed by atoms with Gasteiger partial charge in [0, 0.05) is 30.6 Å². The third-order valence-corrected chi connectivity index (χ3v) is 6.29. The Morgan fingerprint density at radius 2 is 1.86 bits per heavy atom. The van der Waals surface area contributed by atoms with Crippen molar-refractivity contribution < 1.29 is 9.47 Å². The molecule has 0 spiro atoms. The van der Waals surface area contributed by atoms with E-state index in [1.54, 1.807) is 7.11 Å². The Hall–Kier alpha value is -1.42. The van der Waals surface area contributed by atoms with Crippen LogP contribution in [0.15, 0.2) is 36.4 Å². The summed E-state index contributed by atoms with van der Waals surface area (Å²) < 4.78 is 11.7. The number of unbranched alkanes of at least 4 members (excludes halogenated alkanes) is 4. The molecule has 1 heterocycles. The van der Waals surface area contributed by atoms with Crippen molar-refractivity contribution in [2.24, 2.45) is 0 Å². The van der Waals surface area contributed by atoms with Crippen molar-refractivity contribution in [1.82, 2.24) is 5.32 Å². The van der Waals surface area contributed by atoms with Gasteiger partial charge in [-0.3, -0.25) is 0 Å². The first-order valence-corrected chi connectivity index (χ1v) is 11.4. The third-order valence-electron chi connectivity index (χ3n) is 5.55. The minimum absolute atomic E-state index is 0.225. The highest BCUT2D eigenvalue weighted by Gasteiger charge is 2.28. The van der Waals surface area contributed by atoms with Gasteiger partial charge in [0.25, 0.3) is 0 Å². The van der Waals surface area contributed by atoms with E-state index in [2.05, 4.69) is 18.3 Å². The number of rotatable bonds is 10. The first-order chi connectivity index (χ1) is 14.1. The molecule has 1 aliphatic rings. The van der Waals surface area contributed by atoms with Crippen LogP contribution in [0.5, 0.6) is 11.5 Å². The molecule has 1 aliphatic heterocycles. The fourth-order valence-corrected chi connectivity index (χ4v) is 4.21. The van der Waals surface area contributed by atoms with Crippen molar-refractivity contribution in [2.45, 2.75) is 70.6 Å². The lowest BCUT2D eigenvalue weighted by atomic mass is 9.93. The summed E-state index contributed by atoms with van der Waals surface area (Å²) in [6.45, 7) is 2.98. The smallest absolute Gasteiger partial charge is 0.128 e. The van der Waals surface area contributed by atoms with Crippen molar-refractivity contribution in [3.63, 3.8) is 0 Å². The molecule has 0 radical (unpaired) electrons. The van der Waals surface area contributed by atoms with Gasteiger partial charge < -0.3 is 14.8 Å². The van der Waals surface area contributed by atoms with Crippen LogP contribution in [-0.4, -0.2) is 13.2 Å². The summed E-state index contributed by atoms with van der Waals surface area (Å²) >= 11 is 12.2. The second-order valence-electron chi connectivity index (χ2n) is 7.76. The van der Waals surface area contributed by atoms with Gasteiger partial charge in [-0.05, 0) is 36.6 Å². The van der Waals surface area contributed by atoms with Gasteiger partial charge in [-0.2, -0.15) is 0 Å². The summed E-state index contributed by atoms with van der Waals surface area (Å²) in [6, 6.07) is 12.1. The second kappa shape index (κ2) is 11.1. The monoisotopic (exact) mass is 435 g/mol. The molecule has 2 aromatic rings. The number of fused-ring (bicyclic) bond motifs is 1. The summed E-state index contributed by atoms with van der Waals surface area (Å²) in [6.07, 6.45) is 8.67. The molecule has 0 saturated carbocycles. The fraction of sp³-hybridized carbons (Fsp3) is 0.500. The molecule has 1 N–H and O–H groups in total. The molecule has 2 unspecified atom stereocenters. The van der Waals surface area contributed by atoms with E-state index >= 15 is 0 Å². The maximum atomic E-state index is 6.34. The molecular formula is C24H31Cl2NO2. The summed E-state index contributed by atoms with van der Waals surface area (Å²) in [7, 11) is 1.69. The van der Waals surface area contributed by atoms with Crippen molar-refractivity contribution >= 4 is 23.2 Å². The van der Waals surface area contributed by atoms with Gasteiger partial charge in [-0.25, -0.2) is 0 Å². The molecule has 3 nitrogen and oxygen atoms in total. The van der Waals surface area contributed by atoms with Crippen LogP contribution < -0.4 is 14.8 Å². The Morgan fingerprint density at radius 1 is 1.03 bits per heavy atom. The minimum Gasteiger partial charge on any atom is -0.497 e. The van der Waals surface area contributed by atoms with E-state index in [1.165, 1.54) is 37.7 Å². The van der Waals surface area contributed by atoms with E-state index in [0.29, 0.717) is 10.0 Å². The van der Waals surface area contributed by atoms with Gasteiger partial charge in [0.15, 0.2) is 0 Å². The van der Waals surface area contributed by atoms with Crippen LogP contribution in [0.3, 0.4) is 0 Å². The quantitative estimate of drug-likeness (QED) is 0.395. The average molecular weight is 436 g/mol. The van der Waals surface area contributed by atoms with Crippen LogP contribution in [-0.2, 0) is 6.54 Å². The van der Waals surface area contributed by atoms with Crippen LogP contribution in [0, 0.1) is 0 Å². The summed E-state index contributed by atoms with van der Waals surface area (Å²) in [5, 5.41) is 4.87. The van der Waals surface area contributed by atoms with Crippen LogP contribution >= 0.6 is 23.2 Å². The van der Waals surface area contributed by atoms with E-state index in [-0.39, 0.29) is 12.1 Å². The molecule has 5 heteroatoms. The lowest BCUT2D eigenvalue weighted by Crippen LogP contribution is -2.32. The lowest BCUT2D eigenvalue weighted by molar-refractivity contribution is 0.137. The normalized spacial score (nSPS) is 18.2. The maximum absolute atomic E-state index is 6.34. The number of hydrogen-bond donors (Lipinski definition) is 1. The topological polar surface area (TPSA) is 30.5 Å². The summed E-state index contributed by atoms with van der Waals surface area (Å²) in [4.78, 5) is 0. The number of ether oxygens (including phenoxy) is 2. The highest BCUT2D eigenvalue weighted by molar-refractivity contribution is 6.42. The van der Waals surface area contributed by atoms with Crippen LogP contribution in [0.4, 0.5) is 0 Å². The molecule has 29 heavy (non-hydrogen) atoms. The van der Waals surface area contributed by atoms with E-state index < -0.39 is 0 Å². The Morgan fingerprint density at radius 3 is 2.62 bits per heavy atom. The number of methoxy groups -OCH3 is 1.